The fourth-order valence-corrected chi connectivity index (χ4v) is 2.04. The summed E-state index contributed by atoms with van der Waals surface area (Å²) >= 11 is 0. The molecule has 0 aromatic rings. The lowest BCUT2D eigenvalue weighted by molar-refractivity contribution is 0.241. The van der Waals surface area contributed by atoms with Gasteiger partial charge in [-0.3, -0.25) is 0 Å². The van der Waals surface area contributed by atoms with Crippen LogP contribution < -0.4 is 10.6 Å². The minimum atomic E-state index is 0.919. The van der Waals surface area contributed by atoms with Crippen molar-refractivity contribution in [1.82, 2.24) is 15.5 Å². The summed E-state index contributed by atoms with van der Waals surface area (Å²) in [6.07, 6.45) is 2.71. The van der Waals surface area contributed by atoms with Crippen molar-refractivity contribution in [3.8, 4) is 0 Å². The Kier molecular flexibility index (Phi) is 6.15. The Balaban J connectivity index is 2.03. The molecule has 14 heavy (non-hydrogen) atoms. The first kappa shape index (κ1) is 12.0. The van der Waals surface area contributed by atoms with E-state index in [-0.39, 0.29) is 0 Å². The monoisotopic (exact) mass is 199 g/mol. The van der Waals surface area contributed by atoms with Crippen molar-refractivity contribution in [2.24, 2.45) is 5.92 Å². The lowest BCUT2D eigenvalue weighted by atomic mass is 9.98. The lowest BCUT2D eigenvalue weighted by Crippen LogP contribution is -2.37. The molecule has 3 heteroatoms. The largest absolute Gasteiger partial charge is 0.317 e. The normalized spacial score (nSPS) is 19.1. The van der Waals surface area contributed by atoms with Crippen LogP contribution in [0.3, 0.4) is 0 Å². The first-order valence-electron chi connectivity index (χ1n) is 5.93. The fourth-order valence-electron chi connectivity index (χ4n) is 2.04. The Labute approximate surface area is 88.2 Å². The molecule has 0 bridgehead atoms. The van der Waals surface area contributed by atoms with Crippen LogP contribution in [-0.2, 0) is 0 Å². The van der Waals surface area contributed by atoms with E-state index in [0.717, 1.165) is 19.0 Å². The van der Waals surface area contributed by atoms with Crippen LogP contribution in [0.2, 0.25) is 0 Å². The third-order valence-corrected chi connectivity index (χ3v) is 2.95. The first-order valence-corrected chi connectivity index (χ1v) is 5.93. The highest BCUT2D eigenvalue weighted by Gasteiger charge is 2.14. The summed E-state index contributed by atoms with van der Waals surface area (Å²) in [5.74, 6) is 0.919. The molecular formula is C11H25N3. The standard InChI is InChI=1S/C11H25N3/c1-3-12-8-9-14(2)10-11-4-6-13-7-5-11/h11-13H,3-10H2,1-2H3. The number of likely N-dealkylation sites (N-methyl/N-ethyl adjacent to an activating group) is 2. The van der Waals surface area contributed by atoms with Crippen molar-refractivity contribution in [3.05, 3.63) is 0 Å². The molecule has 0 amide bonds. The molecule has 0 spiro atoms. The molecule has 0 radical (unpaired) electrons. The van der Waals surface area contributed by atoms with Gasteiger partial charge in [0, 0.05) is 19.6 Å². The van der Waals surface area contributed by atoms with Gasteiger partial charge in [-0.2, -0.15) is 0 Å². The fraction of sp³-hybridized carbons (Fsp3) is 1.00. The first-order chi connectivity index (χ1) is 6.83. The average molecular weight is 199 g/mol. The number of rotatable bonds is 6. The molecule has 1 fully saturated rings. The Hall–Kier alpha value is -0.120. The SMILES string of the molecule is CCNCCN(C)CC1CCNCC1. The van der Waals surface area contributed by atoms with E-state index in [1.54, 1.807) is 0 Å². The maximum absolute atomic E-state index is 3.41. The van der Waals surface area contributed by atoms with Crippen LogP contribution in [0.25, 0.3) is 0 Å². The molecule has 1 rings (SSSR count). The van der Waals surface area contributed by atoms with E-state index in [2.05, 4.69) is 29.5 Å². The predicted molar refractivity (Wildman–Crippen MR) is 61.6 cm³/mol. The van der Waals surface area contributed by atoms with E-state index in [1.807, 2.05) is 0 Å². The maximum Gasteiger partial charge on any atom is 0.0104 e. The van der Waals surface area contributed by atoms with Gasteiger partial charge in [0.25, 0.3) is 0 Å². The highest BCUT2D eigenvalue weighted by atomic mass is 15.1. The smallest absolute Gasteiger partial charge is 0.0104 e. The average Bonchev–Trinajstić information content (AvgIpc) is 2.20. The Morgan fingerprint density at radius 1 is 1.36 bits per heavy atom. The second-order valence-electron chi connectivity index (χ2n) is 4.31. The third-order valence-electron chi connectivity index (χ3n) is 2.95. The number of nitrogens with one attached hydrogen (secondary N) is 2. The predicted octanol–water partition coefficient (Wildman–Crippen LogP) is 0.527. The molecule has 3 nitrogen and oxygen atoms in total. The van der Waals surface area contributed by atoms with Crippen LogP contribution in [0.5, 0.6) is 0 Å². The minimum Gasteiger partial charge on any atom is -0.317 e. The number of hydrogen-bond acceptors (Lipinski definition) is 3. The zero-order valence-electron chi connectivity index (χ0n) is 9.68. The van der Waals surface area contributed by atoms with Crippen LogP contribution in [0.4, 0.5) is 0 Å². The number of nitrogens with zero attached hydrogens (tertiary/aromatic N) is 1. The zero-order valence-corrected chi connectivity index (χ0v) is 9.68. The van der Waals surface area contributed by atoms with Crippen LogP contribution in [0.1, 0.15) is 19.8 Å². The summed E-state index contributed by atoms with van der Waals surface area (Å²) in [4.78, 5) is 2.46. The Morgan fingerprint density at radius 3 is 2.71 bits per heavy atom. The van der Waals surface area contributed by atoms with E-state index < -0.39 is 0 Å². The Bertz CT molecular complexity index is 132. The third kappa shape index (κ3) is 4.94. The van der Waals surface area contributed by atoms with Gasteiger partial charge in [0.15, 0.2) is 0 Å². The van der Waals surface area contributed by atoms with Crippen molar-refractivity contribution in [2.75, 3.05) is 46.3 Å². The van der Waals surface area contributed by atoms with E-state index >= 15 is 0 Å². The van der Waals surface area contributed by atoms with Crippen LogP contribution >= 0.6 is 0 Å². The van der Waals surface area contributed by atoms with E-state index in [4.69, 9.17) is 0 Å². The maximum atomic E-state index is 3.41. The van der Waals surface area contributed by atoms with Crippen molar-refractivity contribution in [3.63, 3.8) is 0 Å². The van der Waals surface area contributed by atoms with E-state index in [0.29, 0.717) is 0 Å². The molecule has 0 aliphatic carbocycles. The van der Waals surface area contributed by atoms with Crippen LogP contribution in [0.15, 0.2) is 0 Å². The summed E-state index contributed by atoms with van der Waals surface area (Å²) in [5, 5.41) is 6.77. The molecule has 2 N–H and O–H groups in total. The second-order valence-corrected chi connectivity index (χ2v) is 4.31. The molecule has 1 saturated heterocycles. The van der Waals surface area contributed by atoms with E-state index in [9.17, 15) is 0 Å². The van der Waals surface area contributed by atoms with Gasteiger partial charge >= 0.3 is 0 Å². The van der Waals surface area contributed by atoms with Gasteiger partial charge in [0.05, 0.1) is 0 Å². The van der Waals surface area contributed by atoms with Gasteiger partial charge in [0.2, 0.25) is 0 Å². The lowest BCUT2D eigenvalue weighted by Gasteiger charge is -2.27. The summed E-state index contributed by atoms with van der Waals surface area (Å²) < 4.78 is 0. The molecule has 1 aliphatic heterocycles. The molecular weight excluding hydrogens is 174 g/mol. The van der Waals surface area contributed by atoms with Crippen LogP contribution in [-0.4, -0.2) is 51.2 Å². The minimum absolute atomic E-state index is 0.919. The topological polar surface area (TPSA) is 27.3 Å². The summed E-state index contributed by atoms with van der Waals surface area (Å²) in [7, 11) is 2.24. The molecule has 84 valence electrons. The van der Waals surface area contributed by atoms with Gasteiger partial charge < -0.3 is 15.5 Å². The van der Waals surface area contributed by atoms with Gasteiger partial charge in [-0.25, -0.2) is 0 Å². The highest BCUT2D eigenvalue weighted by molar-refractivity contribution is 4.71. The van der Waals surface area contributed by atoms with Crippen molar-refractivity contribution < 1.29 is 0 Å². The van der Waals surface area contributed by atoms with Crippen molar-refractivity contribution in [2.45, 2.75) is 19.8 Å². The van der Waals surface area contributed by atoms with Crippen molar-refractivity contribution in [1.29, 1.82) is 0 Å². The van der Waals surface area contributed by atoms with Gasteiger partial charge in [-0.1, -0.05) is 6.92 Å². The van der Waals surface area contributed by atoms with Gasteiger partial charge in [-0.15, -0.1) is 0 Å². The van der Waals surface area contributed by atoms with Gasteiger partial charge in [-0.05, 0) is 45.4 Å². The summed E-state index contributed by atoms with van der Waals surface area (Å²) in [5.41, 5.74) is 0. The second kappa shape index (κ2) is 7.21. The molecule has 0 aromatic carbocycles. The van der Waals surface area contributed by atoms with Crippen molar-refractivity contribution >= 4 is 0 Å². The van der Waals surface area contributed by atoms with E-state index in [1.165, 1.54) is 39.0 Å². The molecule has 1 heterocycles. The molecule has 0 saturated carbocycles. The number of piperidine rings is 1. The highest BCUT2D eigenvalue weighted by Crippen LogP contribution is 2.12. The molecule has 1 aliphatic rings. The zero-order chi connectivity index (χ0) is 10.2. The molecule has 0 unspecified atom stereocenters. The summed E-state index contributed by atoms with van der Waals surface area (Å²) in [6, 6.07) is 0. The summed E-state index contributed by atoms with van der Waals surface area (Å²) in [6.45, 7) is 9.24. The van der Waals surface area contributed by atoms with Crippen LogP contribution in [0, 0.1) is 5.92 Å². The number of hydrogen-bond donors (Lipinski definition) is 2. The van der Waals surface area contributed by atoms with Gasteiger partial charge in [0.1, 0.15) is 0 Å². The molecule has 0 atom stereocenters. The molecule has 0 aromatic heterocycles. The quantitative estimate of drug-likeness (QED) is 0.611. The Morgan fingerprint density at radius 2 is 2.07 bits per heavy atom.